The Hall–Kier alpha value is -0.870. The topological polar surface area (TPSA) is 38.3 Å². The summed E-state index contributed by atoms with van der Waals surface area (Å²) >= 11 is 3.52. The third-order valence-electron chi connectivity index (χ3n) is 2.73. The first kappa shape index (κ1) is 11.6. The number of hydrogen-bond donors (Lipinski definition) is 1. The molecule has 1 aromatic carbocycles. The molecule has 0 fully saturated rings. The number of nitrogens with one attached hydrogen (secondary N) is 1. The average molecular weight is 284 g/mol. The van der Waals surface area contributed by atoms with E-state index in [1.165, 1.54) is 11.1 Å². The van der Waals surface area contributed by atoms with Gasteiger partial charge < -0.3 is 10.1 Å². The summed E-state index contributed by atoms with van der Waals surface area (Å²) in [6.07, 6.45) is 0.690. The van der Waals surface area contributed by atoms with Crippen molar-refractivity contribution in [1.82, 2.24) is 5.32 Å². The summed E-state index contributed by atoms with van der Waals surface area (Å²) in [5.74, 6) is -0.163. The van der Waals surface area contributed by atoms with Gasteiger partial charge in [-0.3, -0.25) is 4.79 Å². The number of benzene rings is 1. The van der Waals surface area contributed by atoms with E-state index in [1.807, 2.05) is 19.1 Å². The molecular formula is C12H14BrNO2. The Morgan fingerprint density at radius 3 is 3.19 bits per heavy atom. The Morgan fingerprint density at radius 1 is 1.62 bits per heavy atom. The van der Waals surface area contributed by atoms with Gasteiger partial charge in [-0.1, -0.05) is 28.1 Å². The molecule has 0 aromatic heterocycles. The van der Waals surface area contributed by atoms with E-state index in [4.69, 9.17) is 4.74 Å². The lowest BCUT2D eigenvalue weighted by Crippen LogP contribution is -2.42. The second-order valence-electron chi connectivity index (χ2n) is 3.77. The van der Waals surface area contributed by atoms with Gasteiger partial charge in [0.15, 0.2) is 0 Å². The van der Waals surface area contributed by atoms with Crippen molar-refractivity contribution in [3.63, 3.8) is 0 Å². The Balaban J connectivity index is 2.17. The summed E-state index contributed by atoms with van der Waals surface area (Å²) in [6, 6.07) is 5.88. The highest BCUT2D eigenvalue weighted by Gasteiger charge is 2.26. The van der Waals surface area contributed by atoms with E-state index >= 15 is 0 Å². The number of esters is 1. The van der Waals surface area contributed by atoms with Gasteiger partial charge in [0.25, 0.3) is 0 Å². The maximum Gasteiger partial charge on any atom is 0.323 e. The van der Waals surface area contributed by atoms with Crippen LogP contribution in [0.1, 0.15) is 18.1 Å². The zero-order valence-electron chi connectivity index (χ0n) is 9.13. The van der Waals surface area contributed by atoms with Crippen LogP contribution in [0.15, 0.2) is 22.7 Å². The molecule has 1 unspecified atom stereocenters. The minimum absolute atomic E-state index is 0.163. The number of rotatable bonds is 2. The van der Waals surface area contributed by atoms with Crippen molar-refractivity contribution in [2.24, 2.45) is 0 Å². The Labute approximate surface area is 103 Å². The molecule has 1 aliphatic heterocycles. The first-order valence-corrected chi connectivity index (χ1v) is 6.18. The number of carbonyl (C=O) groups excluding carboxylic acids is 1. The van der Waals surface area contributed by atoms with E-state index in [0.29, 0.717) is 13.0 Å². The first-order valence-electron chi connectivity index (χ1n) is 5.38. The van der Waals surface area contributed by atoms with E-state index < -0.39 is 0 Å². The Morgan fingerprint density at radius 2 is 2.44 bits per heavy atom. The standard InChI is InChI=1S/C12H14BrNO2/c1-2-16-12(15)11-6-9-8(7-14-11)4-3-5-10(9)13/h3-5,11,14H,2,6-7H2,1H3. The predicted molar refractivity (Wildman–Crippen MR) is 65.1 cm³/mol. The van der Waals surface area contributed by atoms with Crippen LogP contribution in [-0.4, -0.2) is 18.6 Å². The fourth-order valence-electron chi connectivity index (χ4n) is 1.92. The summed E-state index contributed by atoms with van der Waals surface area (Å²) in [6.45, 7) is 2.97. The van der Waals surface area contributed by atoms with Gasteiger partial charge in [-0.25, -0.2) is 0 Å². The van der Waals surface area contributed by atoms with Crippen molar-refractivity contribution in [2.45, 2.75) is 25.9 Å². The summed E-state index contributed by atoms with van der Waals surface area (Å²) in [5.41, 5.74) is 2.45. The fourth-order valence-corrected chi connectivity index (χ4v) is 2.49. The van der Waals surface area contributed by atoms with Crippen LogP contribution in [0.2, 0.25) is 0 Å². The molecule has 0 saturated carbocycles. The molecule has 0 spiro atoms. The van der Waals surface area contributed by atoms with Crippen LogP contribution >= 0.6 is 15.9 Å². The van der Waals surface area contributed by atoms with E-state index in [2.05, 4.69) is 27.3 Å². The number of ether oxygens (including phenoxy) is 1. The third-order valence-corrected chi connectivity index (χ3v) is 3.48. The fraction of sp³-hybridized carbons (Fsp3) is 0.417. The maximum absolute atomic E-state index is 11.6. The lowest BCUT2D eigenvalue weighted by Gasteiger charge is -2.25. The summed E-state index contributed by atoms with van der Waals surface area (Å²) < 4.78 is 6.09. The van der Waals surface area contributed by atoms with Crippen molar-refractivity contribution in [2.75, 3.05) is 6.61 Å². The van der Waals surface area contributed by atoms with Gasteiger partial charge in [0.1, 0.15) is 6.04 Å². The van der Waals surface area contributed by atoms with Crippen molar-refractivity contribution in [1.29, 1.82) is 0 Å². The second-order valence-corrected chi connectivity index (χ2v) is 4.62. The Bertz CT molecular complexity index is 406. The van der Waals surface area contributed by atoms with Crippen molar-refractivity contribution >= 4 is 21.9 Å². The monoisotopic (exact) mass is 283 g/mol. The van der Waals surface area contributed by atoms with E-state index in [1.54, 1.807) is 0 Å². The first-order chi connectivity index (χ1) is 7.72. The molecule has 0 bridgehead atoms. The van der Waals surface area contributed by atoms with Gasteiger partial charge in [-0.15, -0.1) is 0 Å². The zero-order valence-corrected chi connectivity index (χ0v) is 10.7. The van der Waals surface area contributed by atoms with E-state index in [-0.39, 0.29) is 12.0 Å². The normalized spacial score (nSPS) is 19.0. The number of hydrogen-bond acceptors (Lipinski definition) is 3. The molecule has 1 aliphatic rings. The molecule has 1 atom stereocenters. The SMILES string of the molecule is CCOC(=O)C1Cc2c(Br)cccc2CN1. The van der Waals surface area contributed by atoms with Crippen molar-refractivity contribution in [3.05, 3.63) is 33.8 Å². The van der Waals surface area contributed by atoms with Crippen LogP contribution in [0, 0.1) is 0 Å². The molecule has 1 N–H and O–H groups in total. The molecule has 16 heavy (non-hydrogen) atoms. The quantitative estimate of drug-likeness (QED) is 0.844. The molecule has 1 heterocycles. The number of halogens is 1. The maximum atomic E-state index is 11.6. The van der Waals surface area contributed by atoms with Gasteiger partial charge in [0.2, 0.25) is 0 Å². The highest BCUT2D eigenvalue weighted by molar-refractivity contribution is 9.10. The Kier molecular flexibility index (Phi) is 3.61. The summed E-state index contributed by atoms with van der Waals surface area (Å²) in [4.78, 5) is 11.6. The molecule has 1 aromatic rings. The smallest absolute Gasteiger partial charge is 0.323 e. The molecule has 0 amide bonds. The predicted octanol–water partition coefficient (Wildman–Crippen LogP) is 2.03. The summed E-state index contributed by atoms with van der Waals surface area (Å²) in [7, 11) is 0. The van der Waals surface area contributed by atoms with Crippen LogP contribution in [-0.2, 0) is 22.5 Å². The van der Waals surface area contributed by atoms with Crippen molar-refractivity contribution in [3.8, 4) is 0 Å². The minimum Gasteiger partial charge on any atom is -0.465 e. The van der Waals surface area contributed by atoms with Crippen LogP contribution in [0.4, 0.5) is 0 Å². The minimum atomic E-state index is -0.217. The molecular weight excluding hydrogens is 270 g/mol. The third kappa shape index (κ3) is 2.28. The lowest BCUT2D eigenvalue weighted by molar-refractivity contribution is -0.145. The van der Waals surface area contributed by atoms with Gasteiger partial charge in [-0.2, -0.15) is 0 Å². The summed E-state index contributed by atoms with van der Waals surface area (Å²) in [5, 5.41) is 3.19. The van der Waals surface area contributed by atoms with Crippen LogP contribution < -0.4 is 5.32 Å². The molecule has 0 radical (unpaired) electrons. The van der Waals surface area contributed by atoms with Gasteiger partial charge in [-0.05, 0) is 30.5 Å². The van der Waals surface area contributed by atoms with Gasteiger partial charge in [0.05, 0.1) is 6.61 Å². The number of fused-ring (bicyclic) bond motifs is 1. The lowest BCUT2D eigenvalue weighted by atomic mass is 9.96. The largest absolute Gasteiger partial charge is 0.465 e. The highest BCUT2D eigenvalue weighted by atomic mass is 79.9. The van der Waals surface area contributed by atoms with Gasteiger partial charge in [0, 0.05) is 11.0 Å². The second kappa shape index (κ2) is 4.97. The number of carbonyl (C=O) groups is 1. The zero-order chi connectivity index (χ0) is 11.5. The molecule has 0 aliphatic carbocycles. The molecule has 86 valence electrons. The van der Waals surface area contributed by atoms with E-state index in [0.717, 1.165) is 11.0 Å². The average Bonchev–Trinajstić information content (AvgIpc) is 2.29. The molecule has 2 rings (SSSR count). The molecule has 0 saturated heterocycles. The van der Waals surface area contributed by atoms with Crippen LogP contribution in [0.25, 0.3) is 0 Å². The van der Waals surface area contributed by atoms with E-state index in [9.17, 15) is 4.79 Å². The molecule has 4 heteroatoms. The molecule has 3 nitrogen and oxygen atoms in total. The van der Waals surface area contributed by atoms with Gasteiger partial charge >= 0.3 is 5.97 Å². The highest BCUT2D eigenvalue weighted by Crippen LogP contribution is 2.25. The van der Waals surface area contributed by atoms with Crippen LogP contribution in [0.5, 0.6) is 0 Å². The van der Waals surface area contributed by atoms with Crippen LogP contribution in [0.3, 0.4) is 0 Å². The van der Waals surface area contributed by atoms with Crippen molar-refractivity contribution < 1.29 is 9.53 Å².